The normalized spacial score (nSPS) is 22.4. The van der Waals surface area contributed by atoms with Gasteiger partial charge in [0.15, 0.2) is 0 Å². The molecule has 0 radical (unpaired) electrons. The first-order chi connectivity index (χ1) is 11.7. The maximum absolute atomic E-state index is 12.7. The molecule has 0 spiro atoms. The lowest BCUT2D eigenvalue weighted by Crippen LogP contribution is -2.63. The van der Waals surface area contributed by atoms with E-state index in [0.29, 0.717) is 12.1 Å². The summed E-state index contributed by atoms with van der Waals surface area (Å²) in [5.74, 6) is 0.130. The number of hydrogen-bond acceptors (Lipinski definition) is 3. The van der Waals surface area contributed by atoms with Crippen molar-refractivity contribution in [2.45, 2.75) is 38.3 Å². The van der Waals surface area contributed by atoms with Crippen molar-refractivity contribution in [2.24, 2.45) is 0 Å². The molecule has 2 aromatic rings. The van der Waals surface area contributed by atoms with Gasteiger partial charge in [-0.15, -0.1) is 0 Å². The molecule has 5 heteroatoms. The second-order valence-electron chi connectivity index (χ2n) is 6.95. The molecule has 24 heavy (non-hydrogen) atoms. The molecule has 4 rings (SSSR count). The van der Waals surface area contributed by atoms with Crippen LogP contribution < -0.4 is 0 Å². The number of hydrogen-bond donors (Lipinski definition) is 0. The number of amides is 1. The van der Waals surface area contributed by atoms with E-state index in [1.165, 1.54) is 25.8 Å². The maximum atomic E-state index is 12.7. The van der Waals surface area contributed by atoms with Crippen molar-refractivity contribution in [3.63, 3.8) is 0 Å². The molecule has 2 aliphatic heterocycles. The van der Waals surface area contributed by atoms with Crippen LogP contribution in [0.25, 0.3) is 5.69 Å². The van der Waals surface area contributed by atoms with E-state index in [1.807, 2.05) is 41.4 Å². The van der Waals surface area contributed by atoms with Crippen molar-refractivity contribution in [3.05, 3.63) is 48.3 Å². The van der Waals surface area contributed by atoms with Crippen LogP contribution in [0.5, 0.6) is 0 Å². The van der Waals surface area contributed by atoms with Crippen molar-refractivity contribution in [1.82, 2.24) is 19.6 Å². The van der Waals surface area contributed by atoms with E-state index in [9.17, 15) is 4.79 Å². The smallest absolute Gasteiger partial charge is 0.254 e. The quantitative estimate of drug-likeness (QED) is 0.871. The molecule has 1 aromatic heterocycles. The third-order valence-electron chi connectivity index (χ3n) is 5.33. The van der Waals surface area contributed by atoms with E-state index >= 15 is 0 Å². The largest absolute Gasteiger partial charge is 0.335 e. The number of carbonyl (C=O) groups is 1. The molecule has 0 aliphatic carbocycles. The monoisotopic (exact) mass is 324 g/mol. The minimum absolute atomic E-state index is 0.130. The first-order valence-electron chi connectivity index (χ1n) is 8.87. The van der Waals surface area contributed by atoms with Gasteiger partial charge in [0.1, 0.15) is 0 Å². The molecule has 5 nitrogen and oxygen atoms in total. The number of likely N-dealkylation sites (tertiary alicyclic amines) is 2. The minimum atomic E-state index is 0.130. The molecular weight excluding hydrogens is 300 g/mol. The fourth-order valence-electron chi connectivity index (χ4n) is 3.88. The average molecular weight is 324 g/mol. The third-order valence-corrected chi connectivity index (χ3v) is 5.33. The predicted molar refractivity (Wildman–Crippen MR) is 93.3 cm³/mol. The van der Waals surface area contributed by atoms with Crippen molar-refractivity contribution in [3.8, 4) is 5.69 Å². The zero-order valence-corrected chi connectivity index (χ0v) is 14.1. The fraction of sp³-hybridized carbons (Fsp3) is 0.474. The molecule has 3 heterocycles. The Balaban J connectivity index is 1.42. The van der Waals surface area contributed by atoms with Gasteiger partial charge in [-0.3, -0.25) is 9.69 Å². The molecule has 1 atom stereocenters. The summed E-state index contributed by atoms with van der Waals surface area (Å²) in [6.07, 6.45) is 7.56. The second kappa shape index (κ2) is 6.40. The highest BCUT2D eigenvalue weighted by molar-refractivity contribution is 5.95. The molecule has 2 saturated heterocycles. The Kier molecular flexibility index (Phi) is 4.10. The number of rotatable bonds is 3. The molecule has 0 unspecified atom stereocenters. The van der Waals surface area contributed by atoms with Crippen LogP contribution >= 0.6 is 0 Å². The summed E-state index contributed by atoms with van der Waals surface area (Å²) in [5, 5.41) is 4.23. The average Bonchev–Trinajstić information content (AvgIpc) is 3.10. The van der Waals surface area contributed by atoms with Crippen LogP contribution in [-0.4, -0.2) is 57.2 Å². The predicted octanol–water partition coefficient (Wildman–Crippen LogP) is 2.57. The first-order valence-corrected chi connectivity index (χ1v) is 8.87. The van der Waals surface area contributed by atoms with E-state index in [4.69, 9.17) is 0 Å². The Labute approximate surface area is 142 Å². The molecule has 2 fully saturated rings. The summed E-state index contributed by atoms with van der Waals surface area (Å²) in [6.45, 7) is 5.21. The van der Waals surface area contributed by atoms with Crippen LogP contribution in [0.4, 0.5) is 0 Å². The van der Waals surface area contributed by atoms with E-state index in [0.717, 1.165) is 24.3 Å². The molecule has 2 aliphatic rings. The van der Waals surface area contributed by atoms with Crippen LogP contribution in [0.2, 0.25) is 0 Å². The van der Waals surface area contributed by atoms with E-state index < -0.39 is 0 Å². The summed E-state index contributed by atoms with van der Waals surface area (Å²) in [4.78, 5) is 17.3. The van der Waals surface area contributed by atoms with Crippen LogP contribution in [0, 0.1) is 0 Å². The lowest BCUT2D eigenvalue weighted by atomic mass is 9.97. The molecule has 1 aromatic carbocycles. The minimum Gasteiger partial charge on any atom is -0.335 e. The number of benzene rings is 1. The fourth-order valence-corrected chi connectivity index (χ4v) is 3.88. The zero-order valence-electron chi connectivity index (χ0n) is 14.1. The van der Waals surface area contributed by atoms with Crippen molar-refractivity contribution < 1.29 is 4.79 Å². The Bertz CT molecular complexity index is 706. The van der Waals surface area contributed by atoms with Crippen LogP contribution in [-0.2, 0) is 0 Å². The molecule has 0 saturated carbocycles. The number of piperidine rings is 1. The highest BCUT2D eigenvalue weighted by atomic mass is 16.2. The number of carbonyl (C=O) groups excluding carboxylic acids is 1. The SMILES string of the molecule is C[C@@H]1CCCCN1C1CN(C(=O)c2cccc(-n3cccn3)c2)C1. The van der Waals surface area contributed by atoms with Crippen LogP contribution in [0.15, 0.2) is 42.7 Å². The lowest BCUT2D eigenvalue weighted by Gasteiger charge is -2.49. The van der Waals surface area contributed by atoms with Crippen LogP contribution in [0.1, 0.15) is 36.5 Å². The number of nitrogens with zero attached hydrogens (tertiary/aromatic N) is 4. The Morgan fingerprint density at radius 1 is 1.21 bits per heavy atom. The Hall–Kier alpha value is -2.14. The van der Waals surface area contributed by atoms with Gasteiger partial charge in [0.2, 0.25) is 0 Å². The maximum Gasteiger partial charge on any atom is 0.254 e. The van der Waals surface area contributed by atoms with Gasteiger partial charge in [0.25, 0.3) is 5.91 Å². The van der Waals surface area contributed by atoms with Gasteiger partial charge in [-0.25, -0.2) is 4.68 Å². The molecule has 126 valence electrons. The topological polar surface area (TPSA) is 41.4 Å². The summed E-state index contributed by atoms with van der Waals surface area (Å²) in [7, 11) is 0. The van der Waals surface area contributed by atoms with E-state index in [1.54, 1.807) is 10.9 Å². The van der Waals surface area contributed by atoms with Crippen molar-refractivity contribution in [1.29, 1.82) is 0 Å². The molecular formula is C19H24N4O. The van der Waals surface area contributed by atoms with Gasteiger partial charge < -0.3 is 4.90 Å². The van der Waals surface area contributed by atoms with Crippen LogP contribution in [0.3, 0.4) is 0 Å². The summed E-state index contributed by atoms with van der Waals surface area (Å²) in [6, 6.07) is 10.8. The van der Waals surface area contributed by atoms with E-state index in [-0.39, 0.29) is 5.91 Å². The standard InChI is InChI=1S/C19H24N4O/c1-15-6-2-3-10-22(15)18-13-21(14-18)19(24)16-7-4-8-17(12-16)23-11-5-9-20-23/h4-5,7-9,11-12,15,18H,2-3,6,10,13-14H2,1H3/t15-/m1/s1. The molecule has 0 N–H and O–H groups in total. The molecule has 0 bridgehead atoms. The summed E-state index contributed by atoms with van der Waals surface area (Å²) in [5.41, 5.74) is 1.67. The Morgan fingerprint density at radius 2 is 2.08 bits per heavy atom. The van der Waals surface area contributed by atoms with Gasteiger partial charge in [-0.1, -0.05) is 12.5 Å². The zero-order chi connectivity index (χ0) is 16.5. The van der Waals surface area contributed by atoms with Crippen molar-refractivity contribution in [2.75, 3.05) is 19.6 Å². The second-order valence-corrected chi connectivity index (χ2v) is 6.95. The van der Waals surface area contributed by atoms with Gasteiger partial charge in [0.05, 0.1) is 5.69 Å². The van der Waals surface area contributed by atoms with Gasteiger partial charge in [-0.05, 0) is 50.6 Å². The van der Waals surface area contributed by atoms with Gasteiger partial charge >= 0.3 is 0 Å². The number of aromatic nitrogens is 2. The Morgan fingerprint density at radius 3 is 2.83 bits per heavy atom. The summed E-state index contributed by atoms with van der Waals surface area (Å²) >= 11 is 0. The van der Waals surface area contributed by atoms with Gasteiger partial charge in [0, 0.05) is 43.1 Å². The first kappa shape index (κ1) is 15.4. The lowest BCUT2D eigenvalue weighted by molar-refractivity contribution is 0.00213. The summed E-state index contributed by atoms with van der Waals surface area (Å²) < 4.78 is 1.78. The van der Waals surface area contributed by atoms with E-state index in [2.05, 4.69) is 16.9 Å². The molecule has 1 amide bonds. The highest BCUT2D eigenvalue weighted by Crippen LogP contribution is 2.25. The van der Waals surface area contributed by atoms with Gasteiger partial charge in [-0.2, -0.15) is 5.10 Å². The third kappa shape index (κ3) is 2.84. The van der Waals surface area contributed by atoms with Crippen molar-refractivity contribution >= 4 is 5.91 Å². The highest BCUT2D eigenvalue weighted by Gasteiger charge is 2.37.